The molecule has 0 unspecified atom stereocenters. The average molecular weight is 1580 g/mol. The monoisotopic (exact) mass is 1570 g/mol. The van der Waals surface area contributed by atoms with Crippen molar-refractivity contribution in [2.45, 2.75) is 26.9 Å². The van der Waals surface area contributed by atoms with Gasteiger partial charge >= 0.3 is 17.9 Å². The molecule has 578 valence electrons. The molecule has 0 aliphatic carbocycles. The summed E-state index contributed by atoms with van der Waals surface area (Å²) in [6.45, 7) is 8.15. The van der Waals surface area contributed by atoms with Crippen LogP contribution >= 0.6 is 0 Å². The molecule has 8 bridgehead atoms. The molecule has 0 fully saturated rings. The van der Waals surface area contributed by atoms with E-state index in [-0.39, 0.29) is 56.0 Å². The number of aliphatic carboxylic acids is 3. The van der Waals surface area contributed by atoms with Gasteiger partial charge in [-0.25, -0.2) is 24.4 Å². The van der Waals surface area contributed by atoms with Crippen molar-refractivity contribution >= 4 is 139 Å². The number of aromatic nitrogens is 8. The number of carboxylic acid groups (broad SMARTS) is 3. The Balaban J connectivity index is 0.768. The van der Waals surface area contributed by atoms with Crippen LogP contribution in [0.15, 0.2) is 266 Å². The van der Waals surface area contributed by atoms with E-state index in [0.29, 0.717) is 68.0 Å². The largest absolute Gasteiger partial charge is 0.486 e. The number of nitrogens with one attached hydrogen (secondary N) is 2. The minimum Gasteiger partial charge on any atom is -0.486 e. The third-order valence-electron chi connectivity index (χ3n) is 20.5. The number of rotatable bonds is 25. The molecule has 120 heavy (non-hydrogen) atoms. The van der Waals surface area contributed by atoms with Gasteiger partial charge in [0.2, 0.25) is 5.76 Å². The standard InChI is InChI=1S/C96H62N12O12/c1-100-85(96(114)115)49-61-5-33-89-69(45-61)37-41-108(89)56-119-75-20-12-65(13-21-75)93-83-28-24-79(103-83)90(62-6-14-72(15-7-62)116-53-105-38-34-66-42-58(2-30-86(66)105)46-70(50-97)94(110)111)77-22-26-81(101-77)92(64-10-18-74(19-11-64)118-55-107-40-36-68-44-60(4-32-88(68)107)48-76(52-99)120-57-109)82-27-23-78(102-82)91(80-25-29-84(93)104-80)63-8-16-73(17-9-63)117-54-106-39-35-67-43-59(3-31-87(67)106)47-71(51-98)95(112)113/h2-49,57,101,104H,53-56H2,(H,110,111)(H,112,113)(H,114,115)/b70-46-,71-47-,76-48+,85-49-,90-77?,90-79?,91-78?,91-80?,92-81?,92-82?,93-83?,93-84?. The molecule has 5 N–H and O–H groups in total. The molecule has 2 aliphatic rings. The molecule has 0 spiro atoms. The number of fused-ring (bicyclic) bond motifs is 12. The second-order valence-electron chi connectivity index (χ2n) is 27.8. The predicted molar refractivity (Wildman–Crippen MR) is 456 cm³/mol. The first kappa shape index (κ1) is 75.2. The molecule has 0 amide bonds. The summed E-state index contributed by atoms with van der Waals surface area (Å²) >= 11 is 0. The Labute approximate surface area is 682 Å². The number of allylic oxidation sites excluding steroid dienone is 1. The van der Waals surface area contributed by atoms with Crippen LogP contribution in [0.2, 0.25) is 0 Å². The van der Waals surface area contributed by atoms with Crippen molar-refractivity contribution < 1.29 is 58.2 Å². The van der Waals surface area contributed by atoms with Gasteiger partial charge in [0, 0.05) is 90.7 Å². The number of H-pyrrole nitrogens is 2. The Morgan fingerprint density at radius 3 is 0.933 bits per heavy atom. The number of hydrogen-bond acceptors (Lipinski definition) is 14. The fourth-order valence-electron chi connectivity index (χ4n) is 14.8. The summed E-state index contributed by atoms with van der Waals surface area (Å²) < 4.78 is 38.4. The fraction of sp³-hybridized carbons (Fsp3) is 0.0417. The number of carbonyl (C=O) groups is 4. The first-order valence-corrected chi connectivity index (χ1v) is 37.3. The summed E-state index contributed by atoms with van der Waals surface area (Å²) in [6, 6.07) is 74.3. The molecule has 8 aromatic carbocycles. The number of aromatic amines is 2. The molecule has 15 aromatic rings. The van der Waals surface area contributed by atoms with Crippen LogP contribution < -0.4 is 18.9 Å². The van der Waals surface area contributed by atoms with Crippen molar-refractivity contribution in [3.8, 4) is 85.7 Å². The SMILES string of the molecule is [C-]#[N+]/C(=C\c1ccc2c(ccn2COc2ccc(-c3c4nc(c(-c5ccc(OCn6ccc7cc(/C=C(/C#N)C(=O)O)ccc76)cc5)c5ccc([nH]5)c(-c5ccc(OCn6ccc7cc(/C=C(\C#N)OC=O)ccc76)cc5)c5nc(c(-c6ccc(OCn7ccc8cc(/C=C(/C#N)C(=O)O)ccc87)cc6)c6ccc3[nH]6)C=C5)C=C4)cc2)c1)C(=O)O. The van der Waals surface area contributed by atoms with E-state index in [0.717, 1.165) is 110 Å². The highest BCUT2D eigenvalue weighted by atomic mass is 16.5. The Hall–Kier alpha value is -17.5. The summed E-state index contributed by atoms with van der Waals surface area (Å²) in [7, 11) is 0. The molecule has 0 saturated carbocycles. The highest BCUT2D eigenvalue weighted by molar-refractivity contribution is 6.02. The maximum Gasteiger partial charge on any atom is 0.346 e. The fourth-order valence-corrected chi connectivity index (χ4v) is 14.8. The zero-order valence-corrected chi connectivity index (χ0v) is 63.1. The predicted octanol–water partition coefficient (Wildman–Crippen LogP) is 19.7. The molecular weight excluding hydrogens is 1510 g/mol. The summed E-state index contributed by atoms with van der Waals surface area (Å²) in [4.78, 5) is 67.9. The van der Waals surface area contributed by atoms with Crippen LogP contribution in [0.3, 0.4) is 0 Å². The lowest BCUT2D eigenvalue weighted by Crippen LogP contribution is -2.03. The van der Waals surface area contributed by atoms with E-state index in [9.17, 15) is 50.3 Å². The minimum atomic E-state index is -1.31. The van der Waals surface area contributed by atoms with E-state index in [1.54, 1.807) is 30.3 Å². The molecule has 17 rings (SSSR count). The van der Waals surface area contributed by atoms with Gasteiger partial charge in [-0.3, -0.25) is 9.59 Å². The molecule has 7 aromatic heterocycles. The highest BCUT2D eigenvalue weighted by Crippen LogP contribution is 2.41. The van der Waals surface area contributed by atoms with E-state index in [2.05, 4.69) is 14.8 Å². The first-order chi connectivity index (χ1) is 58.6. The van der Waals surface area contributed by atoms with E-state index in [1.807, 2.05) is 274 Å². The van der Waals surface area contributed by atoms with Crippen LogP contribution in [0.25, 0.3) is 164 Å². The maximum atomic E-state index is 11.6. The Bertz CT molecular complexity index is 6800. The van der Waals surface area contributed by atoms with Crippen molar-refractivity contribution in [3.05, 3.63) is 322 Å². The maximum absolute atomic E-state index is 11.6. The number of ether oxygens (including phenoxy) is 5. The molecule has 0 saturated heterocycles. The molecule has 0 atom stereocenters. The number of carbonyl (C=O) groups excluding carboxylic acids is 1. The number of nitriles is 3. The van der Waals surface area contributed by atoms with Gasteiger partial charge < -0.3 is 67.2 Å². The van der Waals surface area contributed by atoms with E-state index in [4.69, 9.17) is 40.2 Å². The van der Waals surface area contributed by atoms with Gasteiger partial charge in [0.05, 0.1) is 51.4 Å². The minimum absolute atomic E-state index is 0.129. The molecular formula is C96H62N12O12. The van der Waals surface area contributed by atoms with Gasteiger partial charge in [0.15, 0.2) is 26.9 Å². The summed E-state index contributed by atoms with van der Waals surface area (Å²) in [5.74, 6) is -1.70. The molecule has 24 nitrogen and oxygen atoms in total. The van der Waals surface area contributed by atoms with Crippen LogP contribution in [0.4, 0.5) is 0 Å². The van der Waals surface area contributed by atoms with Crippen molar-refractivity contribution in [2.75, 3.05) is 0 Å². The highest BCUT2D eigenvalue weighted by Gasteiger charge is 2.22. The van der Waals surface area contributed by atoms with E-state index in [1.165, 1.54) is 24.3 Å². The lowest BCUT2D eigenvalue weighted by atomic mass is 10.0. The van der Waals surface area contributed by atoms with Gasteiger partial charge in [-0.15, -0.1) is 0 Å². The topological polar surface area (TPSA) is 328 Å². The van der Waals surface area contributed by atoms with Crippen molar-refractivity contribution in [1.29, 1.82) is 15.8 Å². The summed E-state index contributed by atoms with van der Waals surface area (Å²) in [5.41, 5.74) is 16.6. The normalized spacial score (nSPS) is 12.1. The van der Waals surface area contributed by atoms with Gasteiger partial charge in [0.25, 0.3) is 12.2 Å². The number of benzene rings is 8. The first-order valence-electron chi connectivity index (χ1n) is 37.3. The van der Waals surface area contributed by atoms with Crippen LogP contribution in [-0.2, 0) is 50.8 Å². The van der Waals surface area contributed by atoms with E-state index >= 15 is 0 Å². The van der Waals surface area contributed by atoms with Gasteiger partial charge in [0.1, 0.15) is 52.4 Å². The van der Waals surface area contributed by atoms with Crippen LogP contribution in [0.5, 0.6) is 23.0 Å². The molecule has 24 heteroatoms. The zero-order valence-electron chi connectivity index (χ0n) is 63.1. The third kappa shape index (κ3) is 15.5. The number of nitrogens with zero attached hydrogens (tertiary/aromatic N) is 10. The number of hydrogen-bond donors (Lipinski definition) is 5. The Kier molecular flexibility index (Phi) is 20.4. The van der Waals surface area contributed by atoms with Crippen molar-refractivity contribution in [1.82, 2.24) is 38.2 Å². The third-order valence-corrected chi connectivity index (χ3v) is 20.5. The van der Waals surface area contributed by atoms with Crippen LogP contribution in [0.1, 0.15) is 45.0 Å². The van der Waals surface area contributed by atoms with Gasteiger partial charge in [-0.05, 0) is 239 Å². The second kappa shape index (κ2) is 32.6. The smallest absolute Gasteiger partial charge is 0.346 e. The van der Waals surface area contributed by atoms with E-state index < -0.39 is 17.9 Å². The second-order valence-corrected chi connectivity index (χ2v) is 27.8. The van der Waals surface area contributed by atoms with Crippen LogP contribution in [-0.4, -0.2) is 77.9 Å². The van der Waals surface area contributed by atoms with Crippen molar-refractivity contribution in [2.24, 2.45) is 0 Å². The molecule has 9 heterocycles. The van der Waals surface area contributed by atoms with Gasteiger partial charge in [-0.1, -0.05) is 72.8 Å². The summed E-state index contributed by atoms with van der Waals surface area (Å²) in [5, 5.41) is 60.2. The lowest BCUT2D eigenvalue weighted by molar-refractivity contribution is -0.133. The van der Waals surface area contributed by atoms with Gasteiger partial charge in [-0.2, -0.15) is 15.8 Å². The summed E-state index contributed by atoms with van der Waals surface area (Å²) in [6.07, 6.45) is 21.1. The average Bonchev–Trinajstić information content (AvgIpc) is 1.60. The number of carboxylic acids is 3. The van der Waals surface area contributed by atoms with Crippen molar-refractivity contribution in [3.63, 3.8) is 0 Å². The quantitative estimate of drug-likeness (QED) is 0.0117. The van der Waals surface area contributed by atoms with Crippen LogP contribution in [0, 0.1) is 40.6 Å². The molecule has 0 radical (unpaired) electrons. The lowest BCUT2D eigenvalue weighted by Gasteiger charge is -2.11. The zero-order chi connectivity index (χ0) is 82.5. The molecule has 2 aliphatic heterocycles. The Morgan fingerprint density at radius 2 is 0.675 bits per heavy atom. The Morgan fingerprint density at radius 1 is 0.383 bits per heavy atom.